The molecule has 2 fully saturated rings. The molecule has 26 heavy (non-hydrogen) atoms. The molecule has 1 amide bonds. The third-order valence-electron chi connectivity index (χ3n) is 5.81. The van der Waals surface area contributed by atoms with E-state index in [1.54, 1.807) is 18.2 Å². The average Bonchev–Trinajstić information content (AvgIpc) is 3.16. The number of carbonyl (C=O) groups excluding carboxylic acids is 1. The standard InChI is InChI=1S/C19H27N3O4/c1-21-6-4-19(5-7-21,22-8-10-24-11-9-22)13-20-18(23)15-2-3-16-17(12-15)26-14-25-16/h2-3,12H,4-11,13-14H2,1H3,(H,20,23). The second-order valence-corrected chi connectivity index (χ2v) is 7.38. The predicted octanol–water partition coefficient (Wildman–Crippen LogP) is 0.942. The third kappa shape index (κ3) is 3.51. The Labute approximate surface area is 154 Å². The molecule has 3 aliphatic rings. The van der Waals surface area contributed by atoms with E-state index in [0.29, 0.717) is 23.6 Å². The van der Waals surface area contributed by atoms with E-state index in [4.69, 9.17) is 14.2 Å². The number of hydrogen-bond acceptors (Lipinski definition) is 6. The minimum Gasteiger partial charge on any atom is -0.454 e. The summed E-state index contributed by atoms with van der Waals surface area (Å²) >= 11 is 0. The summed E-state index contributed by atoms with van der Waals surface area (Å²) in [6, 6.07) is 5.34. The maximum absolute atomic E-state index is 12.7. The fraction of sp³-hybridized carbons (Fsp3) is 0.632. The van der Waals surface area contributed by atoms with Gasteiger partial charge >= 0.3 is 0 Å². The highest BCUT2D eigenvalue weighted by atomic mass is 16.7. The first-order chi connectivity index (χ1) is 12.7. The van der Waals surface area contributed by atoms with E-state index in [1.165, 1.54) is 0 Å². The van der Waals surface area contributed by atoms with E-state index in [2.05, 4.69) is 22.2 Å². The molecular weight excluding hydrogens is 334 g/mol. The lowest BCUT2D eigenvalue weighted by Gasteiger charge is -2.49. The Balaban J connectivity index is 1.44. The molecule has 0 spiro atoms. The van der Waals surface area contributed by atoms with Gasteiger partial charge in [0.25, 0.3) is 5.91 Å². The van der Waals surface area contributed by atoms with Crippen LogP contribution < -0.4 is 14.8 Å². The summed E-state index contributed by atoms with van der Waals surface area (Å²) < 4.78 is 16.2. The summed E-state index contributed by atoms with van der Waals surface area (Å²) in [5, 5.41) is 3.18. The van der Waals surface area contributed by atoms with Crippen molar-refractivity contribution < 1.29 is 19.0 Å². The van der Waals surface area contributed by atoms with Crippen molar-refractivity contribution >= 4 is 5.91 Å². The molecule has 0 saturated carbocycles. The molecule has 1 aromatic carbocycles. The number of amides is 1. The zero-order chi connectivity index (χ0) is 18.0. The number of likely N-dealkylation sites (tertiary alicyclic amines) is 1. The highest BCUT2D eigenvalue weighted by molar-refractivity contribution is 5.95. The van der Waals surface area contributed by atoms with Gasteiger partial charge in [-0.05, 0) is 51.2 Å². The van der Waals surface area contributed by atoms with Crippen LogP contribution in [0.2, 0.25) is 0 Å². The Morgan fingerprint density at radius 1 is 1.12 bits per heavy atom. The number of piperidine rings is 1. The molecule has 0 aliphatic carbocycles. The average molecular weight is 361 g/mol. The molecule has 4 rings (SSSR count). The lowest BCUT2D eigenvalue weighted by molar-refractivity contribution is -0.0439. The lowest BCUT2D eigenvalue weighted by atomic mass is 9.85. The monoisotopic (exact) mass is 361 g/mol. The van der Waals surface area contributed by atoms with Gasteiger partial charge in [0, 0.05) is 30.7 Å². The van der Waals surface area contributed by atoms with E-state index in [-0.39, 0.29) is 18.2 Å². The predicted molar refractivity (Wildman–Crippen MR) is 96.8 cm³/mol. The van der Waals surface area contributed by atoms with Crippen LogP contribution in [0.1, 0.15) is 23.2 Å². The number of ether oxygens (including phenoxy) is 3. The van der Waals surface area contributed by atoms with Crippen molar-refractivity contribution in [3.8, 4) is 11.5 Å². The van der Waals surface area contributed by atoms with Gasteiger partial charge in [0.05, 0.1) is 13.2 Å². The summed E-state index contributed by atoms with van der Waals surface area (Å²) in [5.74, 6) is 1.27. The Kier molecular flexibility index (Phi) is 5.02. The molecule has 3 aliphatic heterocycles. The first-order valence-electron chi connectivity index (χ1n) is 9.36. The maximum atomic E-state index is 12.7. The van der Waals surface area contributed by atoms with Crippen molar-refractivity contribution in [1.29, 1.82) is 0 Å². The van der Waals surface area contributed by atoms with Gasteiger partial charge < -0.3 is 24.4 Å². The lowest BCUT2D eigenvalue weighted by Crippen LogP contribution is -2.62. The number of fused-ring (bicyclic) bond motifs is 1. The third-order valence-corrected chi connectivity index (χ3v) is 5.81. The van der Waals surface area contributed by atoms with Gasteiger partial charge in [-0.2, -0.15) is 0 Å². The normalized spacial score (nSPS) is 23.0. The van der Waals surface area contributed by atoms with Crippen LogP contribution in [-0.2, 0) is 4.74 Å². The van der Waals surface area contributed by atoms with Crippen molar-refractivity contribution in [2.75, 3.05) is 59.8 Å². The molecule has 3 heterocycles. The molecule has 0 unspecified atom stereocenters. The van der Waals surface area contributed by atoms with Crippen LogP contribution in [-0.4, -0.2) is 81.0 Å². The Morgan fingerprint density at radius 2 is 1.85 bits per heavy atom. The quantitative estimate of drug-likeness (QED) is 0.861. The second kappa shape index (κ2) is 7.42. The van der Waals surface area contributed by atoms with E-state index in [9.17, 15) is 4.79 Å². The summed E-state index contributed by atoms with van der Waals surface area (Å²) in [7, 11) is 2.16. The molecule has 142 valence electrons. The van der Waals surface area contributed by atoms with Gasteiger partial charge in [0.1, 0.15) is 0 Å². The van der Waals surface area contributed by atoms with Gasteiger partial charge in [-0.3, -0.25) is 9.69 Å². The van der Waals surface area contributed by atoms with Crippen LogP contribution in [0.25, 0.3) is 0 Å². The Hall–Kier alpha value is -1.83. The fourth-order valence-corrected chi connectivity index (χ4v) is 4.06. The van der Waals surface area contributed by atoms with Crippen molar-refractivity contribution in [3.05, 3.63) is 23.8 Å². The first-order valence-corrected chi connectivity index (χ1v) is 9.36. The molecule has 7 heteroatoms. The maximum Gasteiger partial charge on any atom is 0.251 e. The number of rotatable bonds is 4. The zero-order valence-corrected chi connectivity index (χ0v) is 15.3. The van der Waals surface area contributed by atoms with Crippen LogP contribution in [0.15, 0.2) is 18.2 Å². The minimum absolute atomic E-state index is 0.0162. The topological polar surface area (TPSA) is 63.3 Å². The summed E-state index contributed by atoms with van der Waals surface area (Å²) in [4.78, 5) is 17.6. The minimum atomic E-state index is -0.0603. The molecule has 1 N–H and O–H groups in total. The van der Waals surface area contributed by atoms with E-state index in [0.717, 1.165) is 52.2 Å². The summed E-state index contributed by atoms with van der Waals surface area (Å²) in [6.07, 6.45) is 2.12. The molecule has 1 aromatic rings. The molecule has 0 atom stereocenters. The van der Waals surface area contributed by atoms with E-state index >= 15 is 0 Å². The zero-order valence-electron chi connectivity index (χ0n) is 15.3. The van der Waals surface area contributed by atoms with Gasteiger partial charge in [-0.15, -0.1) is 0 Å². The highest BCUT2D eigenvalue weighted by Crippen LogP contribution is 2.33. The molecule has 2 saturated heterocycles. The number of morpholine rings is 1. The Morgan fingerprint density at radius 3 is 2.62 bits per heavy atom. The Bertz CT molecular complexity index is 652. The molecule has 7 nitrogen and oxygen atoms in total. The SMILES string of the molecule is CN1CCC(CNC(=O)c2ccc3c(c2)OCO3)(N2CCOCC2)CC1. The fourth-order valence-electron chi connectivity index (χ4n) is 4.06. The van der Waals surface area contributed by atoms with E-state index in [1.807, 2.05) is 0 Å². The van der Waals surface area contributed by atoms with E-state index < -0.39 is 0 Å². The smallest absolute Gasteiger partial charge is 0.251 e. The number of carbonyl (C=O) groups is 1. The van der Waals surface area contributed by atoms with Gasteiger partial charge in [-0.25, -0.2) is 0 Å². The summed E-state index contributed by atoms with van der Waals surface area (Å²) in [6.45, 7) is 6.39. The molecule has 0 aromatic heterocycles. The first kappa shape index (κ1) is 17.6. The van der Waals surface area contributed by atoms with Crippen LogP contribution >= 0.6 is 0 Å². The van der Waals surface area contributed by atoms with Crippen LogP contribution in [0, 0.1) is 0 Å². The summed E-state index contributed by atoms with van der Waals surface area (Å²) in [5.41, 5.74) is 0.627. The molecular formula is C19H27N3O4. The van der Waals surface area contributed by atoms with Crippen molar-refractivity contribution in [2.24, 2.45) is 0 Å². The van der Waals surface area contributed by atoms with Crippen molar-refractivity contribution in [3.63, 3.8) is 0 Å². The highest BCUT2D eigenvalue weighted by Gasteiger charge is 2.40. The largest absolute Gasteiger partial charge is 0.454 e. The van der Waals surface area contributed by atoms with Gasteiger partial charge in [0.2, 0.25) is 6.79 Å². The van der Waals surface area contributed by atoms with Crippen molar-refractivity contribution in [2.45, 2.75) is 18.4 Å². The van der Waals surface area contributed by atoms with Gasteiger partial charge in [-0.1, -0.05) is 0 Å². The van der Waals surface area contributed by atoms with Crippen LogP contribution in [0.5, 0.6) is 11.5 Å². The van der Waals surface area contributed by atoms with Crippen LogP contribution in [0.4, 0.5) is 0 Å². The second-order valence-electron chi connectivity index (χ2n) is 7.38. The van der Waals surface area contributed by atoms with Crippen LogP contribution in [0.3, 0.4) is 0 Å². The number of hydrogen-bond donors (Lipinski definition) is 1. The van der Waals surface area contributed by atoms with Gasteiger partial charge in [0.15, 0.2) is 11.5 Å². The number of benzene rings is 1. The molecule has 0 radical (unpaired) electrons. The number of nitrogens with one attached hydrogen (secondary N) is 1. The molecule has 0 bridgehead atoms. The number of nitrogens with zero attached hydrogens (tertiary/aromatic N) is 2. The van der Waals surface area contributed by atoms with Crippen molar-refractivity contribution in [1.82, 2.24) is 15.1 Å².